The summed E-state index contributed by atoms with van der Waals surface area (Å²) in [6, 6.07) is 10.6. The number of pyridine rings is 2. The monoisotopic (exact) mass is 288 g/mol. The molecule has 3 rings (SSSR count). The van der Waals surface area contributed by atoms with Crippen LogP contribution in [0.2, 0.25) is 0 Å². The summed E-state index contributed by atoms with van der Waals surface area (Å²) in [5.74, 6) is 0. The van der Waals surface area contributed by atoms with Crippen LogP contribution in [0.25, 0.3) is 5.52 Å². The lowest BCUT2D eigenvalue weighted by Crippen LogP contribution is -2.23. The highest BCUT2D eigenvalue weighted by molar-refractivity contribution is 7.89. The van der Waals surface area contributed by atoms with Crippen molar-refractivity contribution in [3.8, 4) is 0 Å². The molecule has 0 atom stereocenters. The van der Waals surface area contributed by atoms with Crippen LogP contribution < -0.4 is 4.72 Å². The van der Waals surface area contributed by atoms with Crippen LogP contribution in [0.4, 0.5) is 0 Å². The Hall–Kier alpha value is -2.25. The van der Waals surface area contributed by atoms with E-state index in [1.165, 1.54) is 18.5 Å². The molecule has 3 aromatic rings. The van der Waals surface area contributed by atoms with Gasteiger partial charge in [0.25, 0.3) is 0 Å². The Kier molecular flexibility index (Phi) is 3.21. The van der Waals surface area contributed by atoms with E-state index >= 15 is 0 Å². The lowest BCUT2D eigenvalue weighted by Gasteiger charge is -2.04. The molecule has 20 heavy (non-hydrogen) atoms. The van der Waals surface area contributed by atoms with E-state index in [-0.39, 0.29) is 11.4 Å². The molecule has 0 aliphatic heterocycles. The summed E-state index contributed by atoms with van der Waals surface area (Å²) in [5, 5.41) is 4.28. The average molecular weight is 288 g/mol. The standard InChI is InChI=1S/C13H12N4O2S/c18-20(19,13-5-3-6-14-10-13)15-9-11-8-12-4-1-2-7-17(12)16-11/h1-8,10,15H,9H2. The van der Waals surface area contributed by atoms with Gasteiger partial charge in [-0.15, -0.1) is 0 Å². The van der Waals surface area contributed by atoms with Crippen LogP contribution in [0.1, 0.15) is 5.69 Å². The van der Waals surface area contributed by atoms with Crippen molar-refractivity contribution in [3.63, 3.8) is 0 Å². The Morgan fingerprint density at radius 3 is 2.85 bits per heavy atom. The number of hydrogen-bond acceptors (Lipinski definition) is 4. The van der Waals surface area contributed by atoms with Gasteiger partial charge in [0.05, 0.1) is 17.8 Å². The Labute approximate surface area is 116 Å². The maximum Gasteiger partial charge on any atom is 0.242 e. The molecule has 102 valence electrons. The molecule has 7 heteroatoms. The van der Waals surface area contributed by atoms with Crippen LogP contribution >= 0.6 is 0 Å². The molecule has 0 unspecified atom stereocenters. The third-order valence-electron chi connectivity index (χ3n) is 2.81. The number of nitrogens with one attached hydrogen (secondary N) is 1. The smallest absolute Gasteiger partial charge is 0.242 e. The zero-order valence-corrected chi connectivity index (χ0v) is 11.3. The van der Waals surface area contributed by atoms with Gasteiger partial charge in [0.15, 0.2) is 0 Å². The van der Waals surface area contributed by atoms with Crippen LogP contribution in [0.3, 0.4) is 0 Å². The first-order chi connectivity index (χ1) is 9.65. The topological polar surface area (TPSA) is 76.4 Å². The molecule has 0 amide bonds. The van der Waals surface area contributed by atoms with Crippen molar-refractivity contribution in [1.82, 2.24) is 19.3 Å². The molecule has 0 saturated heterocycles. The van der Waals surface area contributed by atoms with Crippen molar-refractivity contribution in [1.29, 1.82) is 0 Å². The Morgan fingerprint density at radius 2 is 2.10 bits per heavy atom. The highest BCUT2D eigenvalue weighted by Gasteiger charge is 2.14. The SMILES string of the molecule is O=S(=O)(NCc1cc2ccccn2n1)c1cccnc1. The van der Waals surface area contributed by atoms with Crippen LogP contribution in [0.5, 0.6) is 0 Å². The zero-order chi connectivity index (χ0) is 14.0. The van der Waals surface area contributed by atoms with Crippen LogP contribution in [0.15, 0.2) is 59.9 Å². The second kappa shape index (κ2) is 5.03. The van der Waals surface area contributed by atoms with Gasteiger partial charge in [0.1, 0.15) is 4.90 Å². The van der Waals surface area contributed by atoms with Crippen molar-refractivity contribution in [3.05, 3.63) is 60.7 Å². The summed E-state index contributed by atoms with van der Waals surface area (Å²) in [5.41, 5.74) is 1.58. The van der Waals surface area contributed by atoms with E-state index < -0.39 is 10.0 Å². The first-order valence-electron chi connectivity index (χ1n) is 5.98. The lowest BCUT2D eigenvalue weighted by molar-refractivity contribution is 0.579. The van der Waals surface area contributed by atoms with E-state index in [0.29, 0.717) is 5.69 Å². The predicted octanol–water partition coefficient (Wildman–Crippen LogP) is 1.21. The summed E-state index contributed by atoms with van der Waals surface area (Å²) in [6.07, 6.45) is 4.65. The number of sulfonamides is 1. The summed E-state index contributed by atoms with van der Waals surface area (Å²) < 4.78 is 28.3. The zero-order valence-electron chi connectivity index (χ0n) is 10.5. The molecular formula is C13H12N4O2S. The molecule has 3 aromatic heterocycles. The van der Waals surface area contributed by atoms with Crippen molar-refractivity contribution in [2.75, 3.05) is 0 Å². The van der Waals surface area contributed by atoms with Gasteiger partial charge >= 0.3 is 0 Å². The number of aromatic nitrogens is 3. The molecule has 0 saturated carbocycles. The van der Waals surface area contributed by atoms with Crippen LogP contribution in [-0.2, 0) is 16.6 Å². The maximum absolute atomic E-state index is 12.0. The van der Waals surface area contributed by atoms with E-state index in [0.717, 1.165) is 5.52 Å². The van der Waals surface area contributed by atoms with Gasteiger partial charge in [-0.25, -0.2) is 17.7 Å². The molecule has 0 aliphatic rings. The molecule has 0 bridgehead atoms. The minimum absolute atomic E-state index is 0.138. The summed E-state index contributed by atoms with van der Waals surface area (Å²) in [4.78, 5) is 3.94. The molecule has 3 heterocycles. The second-order valence-corrected chi connectivity index (χ2v) is 5.99. The largest absolute Gasteiger partial charge is 0.263 e. The minimum Gasteiger partial charge on any atom is -0.263 e. The van der Waals surface area contributed by atoms with Gasteiger partial charge in [-0.3, -0.25) is 4.98 Å². The fourth-order valence-electron chi connectivity index (χ4n) is 1.84. The van der Waals surface area contributed by atoms with Crippen LogP contribution in [-0.4, -0.2) is 23.0 Å². The molecule has 6 nitrogen and oxygen atoms in total. The minimum atomic E-state index is -3.56. The molecule has 0 aromatic carbocycles. The normalized spacial score (nSPS) is 11.8. The quantitative estimate of drug-likeness (QED) is 0.783. The number of hydrogen-bond donors (Lipinski definition) is 1. The van der Waals surface area contributed by atoms with Gasteiger partial charge in [0.2, 0.25) is 10.0 Å². The molecular weight excluding hydrogens is 276 g/mol. The first kappa shape index (κ1) is 12.8. The van der Waals surface area contributed by atoms with Crippen molar-refractivity contribution >= 4 is 15.5 Å². The second-order valence-electron chi connectivity index (χ2n) is 4.22. The van der Waals surface area contributed by atoms with Crippen molar-refractivity contribution < 1.29 is 8.42 Å². The number of nitrogens with zero attached hydrogens (tertiary/aromatic N) is 3. The van der Waals surface area contributed by atoms with Crippen molar-refractivity contribution in [2.24, 2.45) is 0 Å². The fraction of sp³-hybridized carbons (Fsp3) is 0.0769. The molecule has 1 N–H and O–H groups in total. The van der Waals surface area contributed by atoms with Gasteiger partial charge in [-0.1, -0.05) is 6.07 Å². The number of rotatable bonds is 4. The predicted molar refractivity (Wildman–Crippen MR) is 73.5 cm³/mol. The molecule has 0 spiro atoms. The molecule has 0 radical (unpaired) electrons. The maximum atomic E-state index is 12.0. The first-order valence-corrected chi connectivity index (χ1v) is 7.46. The molecule has 0 fully saturated rings. The van der Waals surface area contributed by atoms with E-state index in [1.807, 2.05) is 30.5 Å². The third kappa shape index (κ3) is 2.54. The molecule has 0 aliphatic carbocycles. The van der Waals surface area contributed by atoms with Gasteiger partial charge in [0, 0.05) is 18.6 Å². The van der Waals surface area contributed by atoms with Gasteiger partial charge in [-0.05, 0) is 30.3 Å². The van der Waals surface area contributed by atoms with E-state index in [2.05, 4.69) is 14.8 Å². The van der Waals surface area contributed by atoms with Crippen LogP contribution in [0, 0.1) is 0 Å². The Bertz CT molecular complexity index is 795. The van der Waals surface area contributed by atoms with Gasteiger partial charge in [-0.2, -0.15) is 5.10 Å². The lowest BCUT2D eigenvalue weighted by atomic mass is 10.3. The Morgan fingerprint density at radius 1 is 1.20 bits per heavy atom. The number of fused-ring (bicyclic) bond motifs is 1. The Balaban J connectivity index is 1.79. The average Bonchev–Trinajstić information content (AvgIpc) is 2.89. The third-order valence-corrected chi connectivity index (χ3v) is 4.20. The van der Waals surface area contributed by atoms with E-state index in [4.69, 9.17) is 0 Å². The highest BCUT2D eigenvalue weighted by Crippen LogP contribution is 2.09. The van der Waals surface area contributed by atoms with Gasteiger partial charge < -0.3 is 0 Å². The summed E-state index contributed by atoms with van der Waals surface area (Å²) >= 11 is 0. The summed E-state index contributed by atoms with van der Waals surface area (Å²) in [7, 11) is -3.56. The van der Waals surface area contributed by atoms with E-state index in [9.17, 15) is 8.42 Å². The summed E-state index contributed by atoms with van der Waals surface area (Å²) in [6.45, 7) is 0.138. The van der Waals surface area contributed by atoms with Crippen molar-refractivity contribution in [2.45, 2.75) is 11.4 Å². The highest BCUT2D eigenvalue weighted by atomic mass is 32.2. The fourth-order valence-corrected chi connectivity index (χ4v) is 2.80. The van der Waals surface area contributed by atoms with E-state index in [1.54, 1.807) is 10.6 Å².